The molecule has 0 radical (unpaired) electrons. The molecular weight excluding hydrogens is 236 g/mol. The number of hydrogen-bond donors (Lipinski definition) is 1. The summed E-state index contributed by atoms with van der Waals surface area (Å²) in [4.78, 5) is -0.0258. The van der Waals surface area contributed by atoms with Crippen LogP contribution in [-0.4, -0.2) is 13.0 Å². The van der Waals surface area contributed by atoms with Crippen LogP contribution in [0.5, 0.6) is 0 Å². The van der Waals surface area contributed by atoms with E-state index >= 15 is 0 Å². The van der Waals surface area contributed by atoms with Crippen molar-refractivity contribution in [1.82, 2.24) is 0 Å². The van der Waals surface area contributed by atoms with Crippen molar-refractivity contribution in [2.45, 2.75) is 43.4 Å². The van der Waals surface area contributed by atoms with E-state index in [9.17, 15) is 8.42 Å². The fourth-order valence-corrected chi connectivity index (χ4v) is 2.98. The number of hydrogen-bond acceptors (Lipinski definition) is 2. The Morgan fingerprint density at radius 1 is 1.12 bits per heavy atom. The van der Waals surface area contributed by atoms with Gasteiger partial charge >= 0.3 is 0 Å². The summed E-state index contributed by atoms with van der Waals surface area (Å²) in [6.45, 7) is 0. The summed E-state index contributed by atoms with van der Waals surface area (Å²) in [6, 6.07) is 6.52. The molecule has 4 heteroatoms. The molecule has 94 valence electrons. The highest BCUT2D eigenvalue weighted by molar-refractivity contribution is 7.85. The van der Waals surface area contributed by atoms with Gasteiger partial charge in [-0.05, 0) is 36.5 Å². The first-order valence-electron chi connectivity index (χ1n) is 6.12. The number of benzene rings is 1. The largest absolute Gasteiger partial charge is 0.294 e. The minimum atomic E-state index is -4.05. The van der Waals surface area contributed by atoms with E-state index < -0.39 is 10.1 Å². The predicted molar refractivity (Wildman–Crippen MR) is 66.5 cm³/mol. The summed E-state index contributed by atoms with van der Waals surface area (Å²) in [5.74, 6) is 0.844. The molecule has 2 rings (SSSR count). The molecule has 0 amide bonds. The molecule has 0 bridgehead atoms. The molecule has 0 spiro atoms. The second kappa shape index (κ2) is 5.19. The molecule has 1 aliphatic rings. The molecule has 17 heavy (non-hydrogen) atoms. The maximum atomic E-state index is 10.9. The molecule has 1 aliphatic carbocycles. The minimum absolute atomic E-state index is 0.0258. The molecule has 0 atom stereocenters. The van der Waals surface area contributed by atoms with E-state index in [1.165, 1.54) is 44.2 Å². The Balaban J connectivity index is 1.94. The summed E-state index contributed by atoms with van der Waals surface area (Å²) in [6.07, 6.45) is 7.56. The third-order valence-corrected chi connectivity index (χ3v) is 4.41. The van der Waals surface area contributed by atoms with E-state index in [4.69, 9.17) is 4.55 Å². The van der Waals surface area contributed by atoms with Crippen LogP contribution in [0, 0.1) is 5.92 Å². The van der Waals surface area contributed by atoms with Crippen LogP contribution in [0.25, 0.3) is 0 Å². The Hall–Kier alpha value is -0.870. The first kappa shape index (κ1) is 12.6. The van der Waals surface area contributed by atoms with Crippen LogP contribution in [0.2, 0.25) is 0 Å². The summed E-state index contributed by atoms with van der Waals surface area (Å²) in [5, 5.41) is 0. The fourth-order valence-electron chi connectivity index (χ4n) is 2.50. The minimum Gasteiger partial charge on any atom is -0.282 e. The second-order valence-corrected chi connectivity index (χ2v) is 6.23. The Morgan fingerprint density at radius 2 is 1.71 bits per heavy atom. The van der Waals surface area contributed by atoms with E-state index in [1.54, 1.807) is 12.1 Å². The van der Waals surface area contributed by atoms with E-state index in [1.807, 2.05) is 0 Å². The standard InChI is InChI=1S/C13H18O3S/c14-17(15,16)13-9-7-12(8-10-13)6-5-11-3-1-2-4-11/h7-11H,1-6H2,(H,14,15,16). The highest BCUT2D eigenvalue weighted by atomic mass is 32.2. The van der Waals surface area contributed by atoms with Crippen LogP contribution in [0.1, 0.15) is 37.7 Å². The SMILES string of the molecule is O=S(=O)(O)c1ccc(CCC2CCCC2)cc1. The van der Waals surface area contributed by atoms with Crippen molar-refractivity contribution in [3.8, 4) is 0 Å². The lowest BCUT2D eigenvalue weighted by atomic mass is 9.98. The van der Waals surface area contributed by atoms with Crippen molar-refractivity contribution in [1.29, 1.82) is 0 Å². The highest BCUT2D eigenvalue weighted by Gasteiger charge is 2.14. The zero-order valence-corrected chi connectivity index (χ0v) is 10.6. The second-order valence-electron chi connectivity index (χ2n) is 4.81. The van der Waals surface area contributed by atoms with Gasteiger partial charge in [-0.25, -0.2) is 0 Å². The maximum Gasteiger partial charge on any atom is 0.294 e. The predicted octanol–water partition coefficient (Wildman–Crippen LogP) is 3.06. The summed E-state index contributed by atoms with van der Waals surface area (Å²) in [5.41, 5.74) is 1.14. The molecule has 1 N–H and O–H groups in total. The van der Waals surface area contributed by atoms with Gasteiger partial charge < -0.3 is 0 Å². The van der Waals surface area contributed by atoms with Gasteiger partial charge in [0, 0.05) is 0 Å². The van der Waals surface area contributed by atoms with Crippen molar-refractivity contribution in [3.05, 3.63) is 29.8 Å². The highest BCUT2D eigenvalue weighted by Crippen LogP contribution is 2.28. The molecule has 1 saturated carbocycles. The third kappa shape index (κ3) is 3.54. The van der Waals surface area contributed by atoms with Crippen molar-refractivity contribution in [3.63, 3.8) is 0 Å². The lowest BCUT2D eigenvalue weighted by Gasteiger charge is -2.08. The molecule has 1 aromatic rings. The molecule has 0 heterocycles. The summed E-state index contributed by atoms with van der Waals surface area (Å²) >= 11 is 0. The van der Waals surface area contributed by atoms with Crippen molar-refractivity contribution >= 4 is 10.1 Å². The lowest BCUT2D eigenvalue weighted by molar-refractivity contribution is 0.483. The first-order valence-corrected chi connectivity index (χ1v) is 7.56. The monoisotopic (exact) mass is 254 g/mol. The number of rotatable bonds is 4. The molecule has 3 nitrogen and oxygen atoms in total. The van der Waals surface area contributed by atoms with Gasteiger partial charge in [-0.15, -0.1) is 0 Å². The van der Waals surface area contributed by atoms with Crippen LogP contribution >= 0.6 is 0 Å². The number of aryl methyl sites for hydroxylation is 1. The fraction of sp³-hybridized carbons (Fsp3) is 0.538. The van der Waals surface area contributed by atoms with E-state index in [-0.39, 0.29) is 4.90 Å². The van der Waals surface area contributed by atoms with Crippen molar-refractivity contribution in [2.75, 3.05) is 0 Å². The molecule has 0 aromatic heterocycles. The lowest BCUT2D eigenvalue weighted by Crippen LogP contribution is -1.99. The van der Waals surface area contributed by atoms with Gasteiger partial charge in [0.2, 0.25) is 0 Å². The summed E-state index contributed by atoms with van der Waals surface area (Å²) < 4.78 is 30.6. The van der Waals surface area contributed by atoms with E-state index in [0.717, 1.165) is 17.9 Å². The van der Waals surface area contributed by atoms with Crippen LogP contribution in [0.15, 0.2) is 29.2 Å². The van der Waals surface area contributed by atoms with E-state index in [2.05, 4.69) is 0 Å². The smallest absolute Gasteiger partial charge is 0.282 e. The van der Waals surface area contributed by atoms with Gasteiger partial charge in [0.05, 0.1) is 4.90 Å². The van der Waals surface area contributed by atoms with Gasteiger partial charge in [0.1, 0.15) is 0 Å². The molecule has 0 aliphatic heterocycles. The molecule has 1 aromatic carbocycles. The van der Waals surface area contributed by atoms with Crippen LogP contribution in [0.4, 0.5) is 0 Å². The maximum absolute atomic E-state index is 10.9. The van der Waals surface area contributed by atoms with Crippen LogP contribution in [-0.2, 0) is 16.5 Å². The first-order chi connectivity index (χ1) is 8.05. The molecule has 0 saturated heterocycles. The average molecular weight is 254 g/mol. The normalized spacial score (nSPS) is 17.5. The average Bonchev–Trinajstić information content (AvgIpc) is 2.78. The Labute approximate surface area is 103 Å². The summed E-state index contributed by atoms with van der Waals surface area (Å²) in [7, 11) is -4.05. The zero-order chi connectivity index (χ0) is 12.3. The van der Waals surface area contributed by atoms with E-state index in [0.29, 0.717) is 0 Å². The van der Waals surface area contributed by atoms with Gasteiger partial charge in [-0.3, -0.25) is 4.55 Å². The quantitative estimate of drug-likeness (QED) is 0.840. The van der Waals surface area contributed by atoms with Gasteiger partial charge in [0.25, 0.3) is 10.1 Å². The molecule has 1 fully saturated rings. The topological polar surface area (TPSA) is 54.4 Å². The molecular formula is C13H18O3S. The Bertz CT molecular complexity index is 456. The zero-order valence-electron chi connectivity index (χ0n) is 9.80. The third-order valence-electron chi connectivity index (χ3n) is 3.54. The van der Waals surface area contributed by atoms with Gasteiger partial charge in [-0.2, -0.15) is 8.42 Å². The Kier molecular flexibility index (Phi) is 3.84. The Morgan fingerprint density at radius 3 is 2.24 bits per heavy atom. The van der Waals surface area contributed by atoms with Crippen LogP contribution in [0.3, 0.4) is 0 Å². The molecule has 0 unspecified atom stereocenters. The van der Waals surface area contributed by atoms with Crippen molar-refractivity contribution in [2.24, 2.45) is 5.92 Å². The van der Waals surface area contributed by atoms with Gasteiger partial charge in [0.15, 0.2) is 0 Å². The van der Waals surface area contributed by atoms with Crippen LogP contribution < -0.4 is 0 Å². The van der Waals surface area contributed by atoms with Crippen molar-refractivity contribution < 1.29 is 13.0 Å². The van der Waals surface area contributed by atoms with Gasteiger partial charge in [-0.1, -0.05) is 37.8 Å².